The highest BCUT2D eigenvalue weighted by Gasteiger charge is 2.11. The number of nitrogens with one attached hydrogen (secondary N) is 1. The van der Waals surface area contributed by atoms with E-state index in [0.29, 0.717) is 12.6 Å². The average molecular weight is 310 g/mol. The standard InChI is InChI=1S/C17H22N6/c1-12(2)23-11-21-15-16(19-10-20-17(15)23)18-9-13-5-7-14(8-6-13)22(3)4/h5-8,10-12H,9H2,1-4H3,(H,18,19,20). The van der Waals surface area contributed by atoms with Gasteiger partial charge in [-0.05, 0) is 31.5 Å². The van der Waals surface area contributed by atoms with Crippen molar-refractivity contribution in [3.05, 3.63) is 42.5 Å². The van der Waals surface area contributed by atoms with Crippen LogP contribution in [0.15, 0.2) is 36.9 Å². The molecule has 0 aliphatic rings. The first-order valence-corrected chi connectivity index (χ1v) is 7.74. The molecule has 3 aromatic rings. The molecule has 1 N–H and O–H groups in total. The maximum atomic E-state index is 4.46. The summed E-state index contributed by atoms with van der Waals surface area (Å²) >= 11 is 0. The van der Waals surface area contributed by atoms with Crippen molar-refractivity contribution >= 4 is 22.7 Å². The van der Waals surface area contributed by atoms with Gasteiger partial charge < -0.3 is 14.8 Å². The molecule has 0 radical (unpaired) electrons. The molecule has 6 nitrogen and oxygen atoms in total. The van der Waals surface area contributed by atoms with Crippen LogP contribution in [0.4, 0.5) is 11.5 Å². The van der Waals surface area contributed by atoms with E-state index in [1.54, 1.807) is 6.33 Å². The summed E-state index contributed by atoms with van der Waals surface area (Å²) in [4.78, 5) is 15.2. The zero-order chi connectivity index (χ0) is 16.4. The van der Waals surface area contributed by atoms with Gasteiger partial charge in [0.25, 0.3) is 0 Å². The topological polar surface area (TPSA) is 58.9 Å². The van der Waals surface area contributed by atoms with Crippen molar-refractivity contribution in [1.82, 2.24) is 19.5 Å². The smallest absolute Gasteiger partial charge is 0.165 e. The van der Waals surface area contributed by atoms with Crippen LogP contribution in [0.1, 0.15) is 25.5 Å². The maximum absolute atomic E-state index is 4.46. The summed E-state index contributed by atoms with van der Waals surface area (Å²) in [7, 11) is 4.08. The lowest BCUT2D eigenvalue weighted by Gasteiger charge is -2.13. The van der Waals surface area contributed by atoms with Crippen molar-refractivity contribution in [2.45, 2.75) is 26.4 Å². The number of rotatable bonds is 5. The minimum absolute atomic E-state index is 0.321. The molecule has 0 unspecified atom stereocenters. The number of aromatic nitrogens is 4. The van der Waals surface area contributed by atoms with Gasteiger partial charge in [-0.25, -0.2) is 15.0 Å². The Morgan fingerprint density at radius 2 is 1.83 bits per heavy atom. The van der Waals surface area contributed by atoms with Gasteiger partial charge in [-0.1, -0.05) is 12.1 Å². The van der Waals surface area contributed by atoms with Crippen LogP contribution in [0.2, 0.25) is 0 Å². The van der Waals surface area contributed by atoms with E-state index in [0.717, 1.165) is 17.0 Å². The Labute approximate surface area is 136 Å². The van der Waals surface area contributed by atoms with E-state index < -0.39 is 0 Å². The number of hydrogen-bond donors (Lipinski definition) is 1. The molecule has 1 aromatic carbocycles. The Bertz CT molecular complexity index is 788. The molecule has 0 atom stereocenters. The van der Waals surface area contributed by atoms with Crippen molar-refractivity contribution in [2.75, 3.05) is 24.3 Å². The van der Waals surface area contributed by atoms with Crippen molar-refractivity contribution in [3.8, 4) is 0 Å². The first-order chi connectivity index (χ1) is 11.1. The monoisotopic (exact) mass is 310 g/mol. The lowest BCUT2D eigenvalue weighted by molar-refractivity contribution is 0.612. The summed E-state index contributed by atoms with van der Waals surface area (Å²) in [5.74, 6) is 0.770. The molecule has 0 bridgehead atoms. The number of anilines is 2. The van der Waals surface area contributed by atoms with Crippen LogP contribution in [-0.2, 0) is 6.54 Å². The molecule has 3 rings (SSSR count). The van der Waals surface area contributed by atoms with Gasteiger partial charge >= 0.3 is 0 Å². The van der Waals surface area contributed by atoms with E-state index in [2.05, 4.69) is 63.3 Å². The number of imidazole rings is 1. The largest absolute Gasteiger partial charge is 0.378 e. The van der Waals surface area contributed by atoms with E-state index in [1.807, 2.05) is 25.0 Å². The second-order valence-electron chi connectivity index (χ2n) is 6.05. The zero-order valence-electron chi connectivity index (χ0n) is 14.0. The van der Waals surface area contributed by atoms with Gasteiger partial charge in [-0.15, -0.1) is 0 Å². The molecule has 0 spiro atoms. The van der Waals surface area contributed by atoms with Gasteiger partial charge in [0.2, 0.25) is 0 Å². The Balaban J connectivity index is 1.79. The molecule has 23 heavy (non-hydrogen) atoms. The molecular formula is C17H22N6. The first-order valence-electron chi connectivity index (χ1n) is 7.74. The Hall–Kier alpha value is -2.63. The van der Waals surface area contributed by atoms with Crippen molar-refractivity contribution in [2.24, 2.45) is 0 Å². The lowest BCUT2D eigenvalue weighted by atomic mass is 10.2. The quantitative estimate of drug-likeness (QED) is 0.785. The Morgan fingerprint density at radius 1 is 1.09 bits per heavy atom. The highest BCUT2D eigenvalue weighted by atomic mass is 15.2. The molecule has 2 aromatic heterocycles. The molecule has 0 saturated heterocycles. The fourth-order valence-electron chi connectivity index (χ4n) is 2.46. The van der Waals surface area contributed by atoms with Crippen LogP contribution in [-0.4, -0.2) is 33.6 Å². The molecule has 0 amide bonds. The third-order valence-corrected chi connectivity index (χ3v) is 3.83. The zero-order valence-corrected chi connectivity index (χ0v) is 14.0. The number of hydrogen-bond acceptors (Lipinski definition) is 5. The fourth-order valence-corrected chi connectivity index (χ4v) is 2.46. The number of nitrogens with zero attached hydrogens (tertiary/aromatic N) is 5. The number of fused-ring (bicyclic) bond motifs is 1. The molecule has 0 saturated carbocycles. The summed E-state index contributed by atoms with van der Waals surface area (Å²) in [5, 5.41) is 3.36. The maximum Gasteiger partial charge on any atom is 0.165 e. The first kappa shape index (κ1) is 15.3. The van der Waals surface area contributed by atoms with E-state index in [-0.39, 0.29) is 0 Å². The summed E-state index contributed by atoms with van der Waals surface area (Å²) in [6, 6.07) is 8.78. The van der Waals surface area contributed by atoms with E-state index >= 15 is 0 Å². The lowest BCUT2D eigenvalue weighted by Crippen LogP contribution is -2.08. The minimum atomic E-state index is 0.321. The predicted octanol–water partition coefficient (Wildman–Crippen LogP) is 3.09. The second kappa shape index (κ2) is 6.24. The number of benzene rings is 1. The SMILES string of the molecule is CC(C)n1cnc2c(NCc3ccc(N(C)C)cc3)ncnc21. The van der Waals surface area contributed by atoms with Crippen LogP contribution < -0.4 is 10.2 Å². The molecular weight excluding hydrogens is 288 g/mol. The molecule has 0 aliphatic heterocycles. The van der Waals surface area contributed by atoms with Crippen molar-refractivity contribution in [1.29, 1.82) is 0 Å². The Morgan fingerprint density at radius 3 is 2.48 bits per heavy atom. The van der Waals surface area contributed by atoms with Crippen LogP contribution in [0.5, 0.6) is 0 Å². The van der Waals surface area contributed by atoms with Gasteiger partial charge in [0.05, 0.1) is 6.33 Å². The molecule has 120 valence electrons. The van der Waals surface area contributed by atoms with Gasteiger partial charge in [-0.2, -0.15) is 0 Å². The fraction of sp³-hybridized carbons (Fsp3) is 0.353. The van der Waals surface area contributed by atoms with Gasteiger partial charge in [0.15, 0.2) is 11.5 Å². The highest BCUT2D eigenvalue weighted by molar-refractivity contribution is 5.82. The highest BCUT2D eigenvalue weighted by Crippen LogP contribution is 2.21. The van der Waals surface area contributed by atoms with Crippen molar-refractivity contribution < 1.29 is 0 Å². The van der Waals surface area contributed by atoms with Crippen LogP contribution >= 0.6 is 0 Å². The second-order valence-corrected chi connectivity index (χ2v) is 6.05. The van der Waals surface area contributed by atoms with E-state index in [9.17, 15) is 0 Å². The van der Waals surface area contributed by atoms with E-state index in [1.165, 1.54) is 11.3 Å². The minimum Gasteiger partial charge on any atom is -0.378 e. The van der Waals surface area contributed by atoms with Crippen LogP contribution in [0, 0.1) is 0 Å². The molecule has 0 aliphatic carbocycles. The summed E-state index contributed by atoms with van der Waals surface area (Å²) < 4.78 is 2.05. The van der Waals surface area contributed by atoms with E-state index in [4.69, 9.17) is 0 Å². The van der Waals surface area contributed by atoms with Gasteiger partial charge in [0, 0.05) is 32.4 Å². The van der Waals surface area contributed by atoms with Gasteiger partial charge in [0.1, 0.15) is 11.8 Å². The third-order valence-electron chi connectivity index (χ3n) is 3.83. The predicted molar refractivity (Wildman–Crippen MR) is 93.8 cm³/mol. The molecule has 6 heteroatoms. The van der Waals surface area contributed by atoms with Crippen molar-refractivity contribution in [3.63, 3.8) is 0 Å². The summed E-state index contributed by atoms with van der Waals surface area (Å²) in [6.45, 7) is 4.93. The summed E-state index contributed by atoms with van der Waals surface area (Å²) in [6.07, 6.45) is 3.40. The normalized spacial score (nSPS) is 11.2. The summed E-state index contributed by atoms with van der Waals surface area (Å²) in [5.41, 5.74) is 4.06. The van der Waals surface area contributed by atoms with Gasteiger partial charge in [-0.3, -0.25) is 0 Å². The Kier molecular flexibility index (Phi) is 4.14. The van der Waals surface area contributed by atoms with Crippen LogP contribution in [0.25, 0.3) is 11.2 Å². The van der Waals surface area contributed by atoms with Crippen LogP contribution in [0.3, 0.4) is 0 Å². The third kappa shape index (κ3) is 3.11. The average Bonchev–Trinajstić information content (AvgIpc) is 2.98. The molecule has 2 heterocycles. The molecule has 0 fully saturated rings.